The summed E-state index contributed by atoms with van der Waals surface area (Å²) in [4.78, 5) is 14.7. The molecule has 0 unspecified atom stereocenters. The van der Waals surface area contributed by atoms with Gasteiger partial charge < -0.3 is 0 Å². The number of aliphatic imine (C=N–C) groups is 1. The summed E-state index contributed by atoms with van der Waals surface area (Å²) >= 11 is 0. The van der Waals surface area contributed by atoms with Gasteiger partial charge in [-0.25, -0.2) is 0 Å². The van der Waals surface area contributed by atoms with Gasteiger partial charge in [0.25, 0.3) is 0 Å². The van der Waals surface area contributed by atoms with E-state index in [0.717, 1.165) is 6.54 Å². The van der Waals surface area contributed by atoms with Crippen molar-refractivity contribution < 1.29 is 4.79 Å². The molecule has 56 valence electrons. The molecule has 0 heterocycles. The molecule has 0 aromatic rings. The van der Waals surface area contributed by atoms with Crippen LogP contribution >= 0.6 is 0 Å². The average Bonchev–Trinajstić information content (AvgIpc) is 1.89. The smallest absolute Gasteiger partial charge is 0.160 e. The molecular weight excluding hydrogens is 126 g/mol. The highest BCUT2D eigenvalue weighted by atomic mass is 16.1. The molecule has 2 nitrogen and oxygen atoms in total. The average molecular weight is 139 g/mol. The highest BCUT2D eigenvalue weighted by molar-refractivity contribution is 6.11. The molecule has 10 heavy (non-hydrogen) atoms. The summed E-state index contributed by atoms with van der Waals surface area (Å²) in [6, 6.07) is 0. The van der Waals surface area contributed by atoms with Crippen molar-refractivity contribution in [2.75, 3.05) is 6.54 Å². The van der Waals surface area contributed by atoms with E-state index in [-0.39, 0.29) is 5.78 Å². The Labute approximate surface area is 61.7 Å². The number of ketones is 1. The summed E-state index contributed by atoms with van der Waals surface area (Å²) in [6.45, 7) is 6.03. The first kappa shape index (κ1) is 9.08. The lowest BCUT2D eigenvalue weighted by Crippen LogP contribution is -1.97. The number of nitrogens with zero attached hydrogens (tertiary/aromatic N) is 1. The van der Waals surface area contributed by atoms with E-state index < -0.39 is 0 Å². The van der Waals surface area contributed by atoms with Gasteiger partial charge in [0.2, 0.25) is 0 Å². The van der Waals surface area contributed by atoms with Gasteiger partial charge in [-0.3, -0.25) is 9.79 Å². The molecule has 0 N–H and O–H groups in total. The minimum absolute atomic E-state index is 0.0692. The third-order valence-electron chi connectivity index (χ3n) is 1.13. The van der Waals surface area contributed by atoms with Crippen LogP contribution in [-0.4, -0.2) is 18.5 Å². The van der Waals surface area contributed by atoms with Crippen LogP contribution in [0.2, 0.25) is 0 Å². The van der Waals surface area contributed by atoms with Gasteiger partial charge in [0, 0.05) is 18.3 Å². The zero-order valence-electron chi connectivity index (χ0n) is 6.72. The Morgan fingerprint density at radius 2 is 2.20 bits per heavy atom. The number of carbonyl (C=O) groups excluding carboxylic acids is 1. The number of Topliss-reactive ketones (excluding diaryl/α,β-unsaturated/α-hetero) is 1. The van der Waals surface area contributed by atoms with Gasteiger partial charge in [-0.2, -0.15) is 0 Å². The van der Waals surface area contributed by atoms with Crippen LogP contribution < -0.4 is 0 Å². The quantitative estimate of drug-likeness (QED) is 0.431. The normalized spacial score (nSPS) is 12.5. The highest BCUT2D eigenvalue weighted by Crippen LogP contribution is 1.90. The van der Waals surface area contributed by atoms with Gasteiger partial charge in [0.05, 0.1) is 0 Å². The fraction of sp³-hybridized carbons (Fsp3) is 0.500. The predicted octanol–water partition coefficient (Wildman–Crippen LogP) is 1.61. The van der Waals surface area contributed by atoms with Crippen molar-refractivity contribution in [1.29, 1.82) is 0 Å². The first-order chi connectivity index (χ1) is 4.72. The van der Waals surface area contributed by atoms with Gasteiger partial charge >= 0.3 is 0 Å². The fourth-order valence-corrected chi connectivity index (χ4v) is 0.558. The van der Waals surface area contributed by atoms with Crippen LogP contribution in [0.25, 0.3) is 0 Å². The van der Waals surface area contributed by atoms with Crippen molar-refractivity contribution >= 4 is 12.0 Å². The molecule has 0 rings (SSSR count). The second-order valence-electron chi connectivity index (χ2n) is 1.93. The van der Waals surface area contributed by atoms with Gasteiger partial charge in [-0.1, -0.05) is 6.08 Å². The van der Waals surface area contributed by atoms with E-state index in [4.69, 9.17) is 0 Å². The largest absolute Gasteiger partial charge is 0.294 e. The van der Waals surface area contributed by atoms with E-state index >= 15 is 0 Å². The van der Waals surface area contributed by atoms with Crippen LogP contribution in [-0.2, 0) is 4.79 Å². The molecule has 0 aliphatic heterocycles. The monoisotopic (exact) mass is 139 g/mol. The number of carbonyl (C=O) groups is 1. The molecule has 0 saturated heterocycles. The summed E-state index contributed by atoms with van der Waals surface area (Å²) in [6.07, 6.45) is 3.38. The maximum atomic E-state index is 10.7. The van der Waals surface area contributed by atoms with E-state index in [0.29, 0.717) is 5.57 Å². The van der Waals surface area contributed by atoms with E-state index in [1.807, 2.05) is 13.8 Å². The summed E-state index contributed by atoms with van der Waals surface area (Å²) in [5.41, 5.74) is 0.682. The Kier molecular flexibility index (Phi) is 4.46. The third-order valence-corrected chi connectivity index (χ3v) is 1.13. The summed E-state index contributed by atoms with van der Waals surface area (Å²) in [5, 5.41) is 0. The van der Waals surface area contributed by atoms with E-state index in [9.17, 15) is 4.79 Å². The number of rotatable bonds is 3. The highest BCUT2D eigenvalue weighted by Gasteiger charge is 1.95. The van der Waals surface area contributed by atoms with Gasteiger partial charge in [-0.05, 0) is 20.8 Å². The van der Waals surface area contributed by atoms with Crippen LogP contribution in [0.3, 0.4) is 0 Å². The van der Waals surface area contributed by atoms with Crippen molar-refractivity contribution in [2.45, 2.75) is 20.8 Å². The van der Waals surface area contributed by atoms with Crippen molar-refractivity contribution in [1.82, 2.24) is 0 Å². The summed E-state index contributed by atoms with van der Waals surface area (Å²) < 4.78 is 0. The van der Waals surface area contributed by atoms with Crippen molar-refractivity contribution in [2.24, 2.45) is 4.99 Å². The molecule has 0 bridgehead atoms. The minimum atomic E-state index is 0.0692. The Morgan fingerprint density at radius 1 is 1.60 bits per heavy atom. The van der Waals surface area contributed by atoms with Crippen molar-refractivity contribution in [3.8, 4) is 0 Å². The molecule has 0 radical (unpaired) electrons. The zero-order valence-corrected chi connectivity index (χ0v) is 6.72. The van der Waals surface area contributed by atoms with E-state index in [1.54, 1.807) is 12.3 Å². The number of allylic oxidation sites excluding steroid dienone is 2. The van der Waals surface area contributed by atoms with Gasteiger partial charge in [-0.15, -0.1) is 0 Å². The maximum Gasteiger partial charge on any atom is 0.160 e. The van der Waals surface area contributed by atoms with Gasteiger partial charge in [0.1, 0.15) is 0 Å². The molecule has 0 fully saturated rings. The maximum absolute atomic E-state index is 10.7. The molecule has 2 heteroatoms. The lowest BCUT2D eigenvalue weighted by molar-refractivity contribution is -0.113. The topological polar surface area (TPSA) is 29.4 Å². The lowest BCUT2D eigenvalue weighted by Gasteiger charge is -1.90. The van der Waals surface area contributed by atoms with Crippen LogP contribution in [0.15, 0.2) is 16.6 Å². The van der Waals surface area contributed by atoms with Crippen LogP contribution in [0, 0.1) is 0 Å². The Morgan fingerprint density at radius 3 is 2.50 bits per heavy atom. The molecule has 0 aromatic heterocycles. The summed E-state index contributed by atoms with van der Waals surface area (Å²) in [7, 11) is 0. The van der Waals surface area contributed by atoms with Crippen LogP contribution in [0.5, 0.6) is 0 Å². The standard InChI is InChI=1S/C8H13NO/c1-4-8(7(3)10)6-9-5-2/h4,6H,5H2,1-3H3/b8-4+,9-6?. The van der Waals surface area contributed by atoms with E-state index in [1.165, 1.54) is 6.92 Å². The Bertz CT molecular complexity index is 168. The molecule has 0 atom stereocenters. The molecule has 0 aliphatic carbocycles. The van der Waals surface area contributed by atoms with Crippen LogP contribution in [0.1, 0.15) is 20.8 Å². The minimum Gasteiger partial charge on any atom is -0.294 e. The van der Waals surface area contributed by atoms with Crippen LogP contribution in [0.4, 0.5) is 0 Å². The van der Waals surface area contributed by atoms with Gasteiger partial charge in [0.15, 0.2) is 5.78 Å². The fourth-order valence-electron chi connectivity index (χ4n) is 0.558. The number of hydrogen-bond acceptors (Lipinski definition) is 2. The molecular formula is C8H13NO. The molecule has 0 aliphatic rings. The van der Waals surface area contributed by atoms with Crippen molar-refractivity contribution in [3.05, 3.63) is 11.6 Å². The first-order valence-electron chi connectivity index (χ1n) is 3.39. The molecule has 0 amide bonds. The Hall–Kier alpha value is -0.920. The van der Waals surface area contributed by atoms with Crippen molar-refractivity contribution in [3.63, 3.8) is 0 Å². The predicted molar refractivity (Wildman–Crippen MR) is 43.5 cm³/mol. The molecule has 0 saturated carbocycles. The summed E-state index contributed by atoms with van der Waals surface area (Å²) in [5.74, 6) is 0.0692. The number of hydrogen-bond donors (Lipinski definition) is 0. The SMILES string of the molecule is C/C=C(\C=NCC)C(C)=O. The molecule has 0 spiro atoms. The zero-order chi connectivity index (χ0) is 7.98. The Balaban J connectivity index is 4.12. The first-order valence-corrected chi connectivity index (χ1v) is 3.39. The lowest BCUT2D eigenvalue weighted by atomic mass is 10.2. The second-order valence-corrected chi connectivity index (χ2v) is 1.93. The second kappa shape index (κ2) is 4.91. The molecule has 0 aromatic carbocycles. The van der Waals surface area contributed by atoms with E-state index in [2.05, 4.69) is 4.99 Å². The third kappa shape index (κ3) is 3.17.